The van der Waals surface area contributed by atoms with Crippen LogP contribution >= 0.6 is 24.0 Å². The molecule has 2 N–H and O–H groups in total. The van der Waals surface area contributed by atoms with Crippen LogP contribution < -0.4 is 10.6 Å². The minimum absolute atomic E-state index is 0. The van der Waals surface area contributed by atoms with E-state index >= 15 is 0 Å². The van der Waals surface area contributed by atoms with E-state index in [2.05, 4.69) is 25.5 Å². The van der Waals surface area contributed by atoms with Gasteiger partial charge in [-0.25, -0.2) is 9.98 Å². The zero-order valence-electron chi connectivity index (χ0n) is 15.1. The van der Waals surface area contributed by atoms with Crippen molar-refractivity contribution in [2.24, 2.45) is 10.9 Å². The molecule has 2 heterocycles. The van der Waals surface area contributed by atoms with Crippen LogP contribution in [-0.4, -0.2) is 53.0 Å². The standard InChI is InChI=1S/C16H26F2N6O.HI/c1-3-20-16(22-11-13-21-6-9-24(13)15(17)18)23-7-4-12(5-8-23)10-14(25)19-2;/h6,9,12,15H,3-5,7-8,10-11H2,1-2H3,(H,19,25)(H,20,22);1H. The molecule has 10 heteroatoms. The molecule has 0 aromatic carbocycles. The van der Waals surface area contributed by atoms with Crippen LogP contribution in [0.15, 0.2) is 17.4 Å². The van der Waals surface area contributed by atoms with Gasteiger partial charge in [0.25, 0.3) is 0 Å². The topological polar surface area (TPSA) is 74.5 Å². The number of rotatable bonds is 6. The quantitative estimate of drug-likeness (QED) is 0.369. The van der Waals surface area contributed by atoms with Crippen LogP contribution in [0.4, 0.5) is 8.78 Å². The number of nitrogens with zero attached hydrogens (tertiary/aromatic N) is 4. The van der Waals surface area contributed by atoms with Crippen LogP contribution in [0.1, 0.15) is 38.6 Å². The molecule has 7 nitrogen and oxygen atoms in total. The highest BCUT2D eigenvalue weighted by Crippen LogP contribution is 2.20. The molecule has 0 radical (unpaired) electrons. The number of aromatic nitrogens is 2. The van der Waals surface area contributed by atoms with Gasteiger partial charge in [-0.15, -0.1) is 24.0 Å². The number of alkyl halides is 2. The van der Waals surface area contributed by atoms with E-state index in [1.807, 2.05) is 6.92 Å². The first-order valence-electron chi connectivity index (χ1n) is 8.58. The molecule has 148 valence electrons. The molecule has 2 rings (SSSR count). The van der Waals surface area contributed by atoms with Gasteiger partial charge in [0.05, 0.1) is 0 Å². The lowest BCUT2D eigenvalue weighted by molar-refractivity contribution is -0.121. The lowest BCUT2D eigenvalue weighted by Crippen LogP contribution is -2.46. The second-order valence-corrected chi connectivity index (χ2v) is 6.01. The van der Waals surface area contributed by atoms with E-state index in [0.717, 1.165) is 30.5 Å². The zero-order valence-corrected chi connectivity index (χ0v) is 17.5. The third-order valence-corrected chi connectivity index (χ3v) is 4.33. The molecule has 1 saturated heterocycles. The van der Waals surface area contributed by atoms with E-state index in [1.54, 1.807) is 7.05 Å². The summed E-state index contributed by atoms with van der Waals surface area (Å²) in [5.41, 5.74) is 0. The van der Waals surface area contributed by atoms with Crippen molar-refractivity contribution >= 4 is 35.8 Å². The van der Waals surface area contributed by atoms with E-state index in [9.17, 15) is 13.6 Å². The Bertz CT molecular complexity index is 587. The fourth-order valence-corrected chi connectivity index (χ4v) is 2.93. The molecular weight excluding hydrogens is 457 g/mol. The second kappa shape index (κ2) is 11.3. The molecule has 0 unspecified atom stereocenters. The van der Waals surface area contributed by atoms with Crippen LogP contribution in [0, 0.1) is 5.92 Å². The SMILES string of the molecule is CCNC(=NCc1nccn1C(F)F)N1CCC(CC(=O)NC)CC1.I. The molecule has 1 amide bonds. The zero-order chi connectivity index (χ0) is 18.2. The molecule has 1 aliphatic rings. The predicted octanol–water partition coefficient (Wildman–Crippen LogP) is 2.21. The molecule has 1 aliphatic heterocycles. The highest BCUT2D eigenvalue weighted by Gasteiger charge is 2.23. The van der Waals surface area contributed by atoms with Gasteiger partial charge in [-0.3, -0.25) is 9.36 Å². The fraction of sp³-hybridized carbons (Fsp3) is 0.688. The maximum atomic E-state index is 12.9. The Hall–Kier alpha value is -1.46. The van der Waals surface area contributed by atoms with E-state index in [4.69, 9.17) is 0 Å². The highest BCUT2D eigenvalue weighted by molar-refractivity contribution is 14.0. The van der Waals surface area contributed by atoms with Crippen molar-refractivity contribution in [2.45, 2.75) is 39.3 Å². The van der Waals surface area contributed by atoms with Crippen molar-refractivity contribution in [3.8, 4) is 0 Å². The van der Waals surface area contributed by atoms with Crippen molar-refractivity contribution in [3.63, 3.8) is 0 Å². The summed E-state index contributed by atoms with van der Waals surface area (Å²) in [6.07, 6.45) is 4.97. The summed E-state index contributed by atoms with van der Waals surface area (Å²) in [6.45, 7) is 1.72. The van der Waals surface area contributed by atoms with Gasteiger partial charge in [0.2, 0.25) is 5.91 Å². The van der Waals surface area contributed by atoms with Crippen molar-refractivity contribution in [1.29, 1.82) is 0 Å². The lowest BCUT2D eigenvalue weighted by atomic mass is 9.93. The van der Waals surface area contributed by atoms with Crippen molar-refractivity contribution < 1.29 is 13.6 Å². The first-order chi connectivity index (χ1) is 12.0. The molecule has 26 heavy (non-hydrogen) atoms. The lowest BCUT2D eigenvalue weighted by Gasteiger charge is -2.34. The minimum atomic E-state index is -2.62. The summed E-state index contributed by atoms with van der Waals surface area (Å²) < 4.78 is 26.6. The van der Waals surface area contributed by atoms with Crippen LogP contribution in [0.5, 0.6) is 0 Å². The van der Waals surface area contributed by atoms with Gasteiger partial charge in [-0.2, -0.15) is 8.78 Å². The third-order valence-electron chi connectivity index (χ3n) is 4.33. The summed E-state index contributed by atoms with van der Waals surface area (Å²) in [7, 11) is 1.65. The third kappa shape index (κ3) is 6.36. The molecule has 0 bridgehead atoms. The highest BCUT2D eigenvalue weighted by atomic mass is 127. The van der Waals surface area contributed by atoms with E-state index in [0.29, 0.717) is 24.8 Å². The summed E-state index contributed by atoms with van der Waals surface area (Å²) >= 11 is 0. The predicted molar refractivity (Wildman–Crippen MR) is 107 cm³/mol. The Morgan fingerprint density at radius 3 is 2.69 bits per heavy atom. The number of carbonyl (C=O) groups is 1. The number of nitrogens with one attached hydrogen (secondary N) is 2. The number of amides is 1. The first kappa shape index (κ1) is 22.6. The van der Waals surface area contributed by atoms with Gasteiger partial charge in [0.15, 0.2) is 5.96 Å². The maximum absolute atomic E-state index is 12.9. The van der Waals surface area contributed by atoms with Gasteiger partial charge < -0.3 is 15.5 Å². The Balaban J connectivity index is 0.00000338. The van der Waals surface area contributed by atoms with Crippen LogP contribution in [-0.2, 0) is 11.3 Å². The van der Waals surface area contributed by atoms with Crippen LogP contribution in [0.3, 0.4) is 0 Å². The first-order valence-corrected chi connectivity index (χ1v) is 8.58. The average Bonchev–Trinajstić information content (AvgIpc) is 3.08. The monoisotopic (exact) mass is 484 g/mol. The molecule has 0 aliphatic carbocycles. The van der Waals surface area contributed by atoms with E-state index in [-0.39, 0.29) is 42.3 Å². The molecule has 1 aromatic heterocycles. The van der Waals surface area contributed by atoms with Crippen molar-refractivity contribution in [1.82, 2.24) is 25.1 Å². The van der Waals surface area contributed by atoms with Crippen molar-refractivity contribution in [2.75, 3.05) is 26.7 Å². The normalized spacial score (nSPS) is 15.7. The number of imidazole rings is 1. The van der Waals surface area contributed by atoms with Crippen molar-refractivity contribution in [3.05, 3.63) is 18.2 Å². The fourth-order valence-electron chi connectivity index (χ4n) is 2.93. The molecule has 0 atom stereocenters. The van der Waals surface area contributed by atoms with E-state index < -0.39 is 6.55 Å². The minimum Gasteiger partial charge on any atom is -0.359 e. The number of hydrogen-bond donors (Lipinski definition) is 2. The average molecular weight is 484 g/mol. The number of carbonyl (C=O) groups excluding carboxylic acids is 1. The number of aliphatic imine (C=N–C) groups is 1. The Kier molecular flexibility index (Phi) is 9.81. The molecule has 0 spiro atoms. The van der Waals surface area contributed by atoms with Gasteiger partial charge in [0.1, 0.15) is 12.4 Å². The van der Waals surface area contributed by atoms with Gasteiger partial charge in [-0.1, -0.05) is 0 Å². The van der Waals surface area contributed by atoms with Gasteiger partial charge in [0, 0.05) is 45.5 Å². The second-order valence-electron chi connectivity index (χ2n) is 6.01. The van der Waals surface area contributed by atoms with E-state index in [1.165, 1.54) is 12.4 Å². The number of halogens is 3. The summed E-state index contributed by atoms with van der Waals surface area (Å²) in [5, 5.41) is 5.86. The Labute approximate surface area is 169 Å². The summed E-state index contributed by atoms with van der Waals surface area (Å²) in [6, 6.07) is 0. The largest absolute Gasteiger partial charge is 0.359 e. The Morgan fingerprint density at radius 1 is 1.42 bits per heavy atom. The number of hydrogen-bond acceptors (Lipinski definition) is 3. The Morgan fingerprint density at radius 2 is 2.12 bits per heavy atom. The molecule has 1 fully saturated rings. The number of guanidine groups is 1. The summed E-state index contributed by atoms with van der Waals surface area (Å²) in [4.78, 5) is 22.0. The molecule has 0 saturated carbocycles. The number of likely N-dealkylation sites (tertiary alicyclic amines) is 1. The smallest absolute Gasteiger partial charge is 0.319 e. The van der Waals surface area contributed by atoms with Gasteiger partial charge in [-0.05, 0) is 25.7 Å². The molecule has 1 aromatic rings. The van der Waals surface area contributed by atoms with Gasteiger partial charge >= 0.3 is 6.55 Å². The number of piperidine rings is 1. The molecular formula is C16H27F2IN6O. The van der Waals surface area contributed by atoms with Crippen LogP contribution in [0.2, 0.25) is 0 Å². The van der Waals surface area contributed by atoms with Crippen LogP contribution in [0.25, 0.3) is 0 Å². The maximum Gasteiger partial charge on any atom is 0.319 e. The summed E-state index contributed by atoms with van der Waals surface area (Å²) in [5.74, 6) is 1.37.